The normalized spacial score (nSPS) is 22.9. The van der Waals surface area contributed by atoms with Crippen LogP contribution in [-0.4, -0.2) is 50.8 Å². The van der Waals surface area contributed by atoms with Crippen molar-refractivity contribution in [1.82, 2.24) is 15.6 Å². The molecule has 2 fully saturated rings. The number of carbonyl (C=O) groups is 1. The standard InChI is InChI=1S/C15H19N3O2.C4H8O/c1-20-12-2-3-15-13(5-12)14(8-17-15)10-4-11(18-9-19)7-16-6-10;1-2-4-5-3-1/h2-3,5,8-11,16-17H,4,6-7H2,1H3,(H,18,19);1-4H2/t10-,11?;/m1./s1. The molecule has 6 nitrogen and oxygen atoms in total. The molecule has 3 N–H and O–H groups in total. The maximum absolute atomic E-state index is 10.6. The summed E-state index contributed by atoms with van der Waals surface area (Å²) in [4.78, 5) is 13.9. The molecule has 1 unspecified atom stereocenters. The number of rotatable bonds is 4. The lowest BCUT2D eigenvalue weighted by Crippen LogP contribution is -2.45. The first-order chi connectivity index (χ1) is 12.3. The second kappa shape index (κ2) is 8.87. The molecule has 1 aromatic heterocycles. The van der Waals surface area contributed by atoms with E-state index < -0.39 is 0 Å². The van der Waals surface area contributed by atoms with Gasteiger partial charge >= 0.3 is 0 Å². The molecular formula is C19H27N3O3. The highest BCUT2D eigenvalue weighted by Gasteiger charge is 2.24. The number of piperidine rings is 1. The number of benzene rings is 1. The van der Waals surface area contributed by atoms with E-state index in [9.17, 15) is 4.79 Å². The van der Waals surface area contributed by atoms with E-state index in [1.807, 2.05) is 12.1 Å². The van der Waals surface area contributed by atoms with Crippen molar-refractivity contribution in [3.05, 3.63) is 30.0 Å². The fourth-order valence-electron chi connectivity index (χ4n) is 3.50. The Morgan fingerprint density at radius 3 is 2.80 bits per heavy atom. The molecule has 0 saturated carbocycles. The maximum Gasteiger partial charge on any atom is 0.207 e. The number of methoxy groups -OCH3 is 1. The Labute approximate surface area is 148 Å². The highest BCUT2D eigenvalue weighted by atomic mass is 16.5. The van der Waals surface area contributed by atoms with Gasteiger partial charge in [0.15, 0.2) is 0 Å². The maximum atomic E-state index is 10.6. The molecule has 2 aromatic rings. The van der Waals surface area contributed by atoms with Crippen molar-refractivity contribution in [2.24, 2.45) is 0 Å². The van der Waals surface area contributed by atoms with Gasteiger partial charge < -0.3 is 25.1 Å². The zero-order valence-corrected chi connectivity index (χ0v) is 14.7. The second-order valence-corrected chi connectivity index (χ2v) is 6.55. The summed E-state index contributed by atoms with van der Waals surface area (Å²) in [5.41, 5.74) is 2.40. The summed E-state index contributed by atoms with van der Waals surface area (Å²) in [6.45, 7) is 3.77. The fourth-order valence-corrected chi connectivity index (χ4v) is 3.50. The van der Waals surface area contributed by atoms with Crippen LogP contribution in [-0.2, 0) is 9.53 Å². The number of H-pyrrole nitrogens is 1. The minimum Gasteiger partial charge on any atom is -0.497 e. The van der Waals surface area contributed by atoms with Crippen LogP contribution in [0.5, 0.6) is 5.75 Å². The number of hydrogen-bond acceptors (Lipinski definition) is 4. The highest BCUT2D eigenvalue weighted by Crippen LogP contribution is 2.32. The topological polar surface area (TPSA) is 75.4 Å². The van der Waals surface area contributed by atoms with Gasteiger partial charge in [-0.2, -0.15) is 0 Å². The first kappa shape index (κ1) is 17.8. The highest BCUT2D eigenvalue weighted by molar-refractivity contribution is 5.85. The van der Waals surface area contributed by atoms with Crippen LogP contribution in [0.3, 0.4) is 0 Å². The Balaban J connectivity index is 0.000000314. The largest absolute Gasteiger partial charge is 0.497 e. The van der Waals surface area contributed by atoms with Crippen molar-refractivity contribution in [2.75, 3.05) is 33.4 Å². The second-order valence-electron chi connectivity index (χ2n) is 6.55. The number of aromatic nitrogens is 1. The van der Waals surface area contributed by atoms with Gasteiger partial charge in [-0.25, -0.2) is 0 Å². The van der Waals surface area contributed by atoms with Crippen LogP contribution in [0, 0.1) is 0 Å². The number of hydrogen-bond donors (Lipinski definition) is 3. The summed E-state index contributed by atoms with van der Waals surface area (Å²) in [5.74, 6) is 1.26. The molecular weight excluding hydrogens is 318 g/mol. The monoisotopic (exact) mass is 345 g/mol. The van der Waals surface area contributed by atoms with Gasteiger partial charge in [-0.1, -0.05) is 0 Å². The van der Waals surface area contributed by atoms with Crippen molar-refractivity contribution in [2.45, 2.75) is 31.2 Å². The van der Waals surface area contributed by atoms with Gasteiger partial charge in [0, 0.05) is 55.4 Å². The van der Waals surface area contributed by atoms with Crippen LogP contribution >= 0.6 is 0 Å². The molecule has 2 aliphatic rings. The summed E-state index contributed by atoms with van der Waals surface area (Å²) < 4.78 is 10.2. The number of fused-ring (bicyclic) bond motifs is 1. The third-order valence-corrected chi connectivity index (χ3v) is 4.84. The van der Waals surface area contributed by atoms with Crippen LogP contribution in [0.4, 0.5) is 0 Å². The van der Waals surface area contributed by atoms with Crippen LogP contribution in [0.15, 0.2) is 24.4 Å². The molecule has 2 atom stereocenters. The summed E-state index contributed by atoms with van der Waals surface area (Å²) in [6, 6.07) is 6.26. The van der Waals surface area contributed by atoms with Gasteiger partial charge in [-0.15, -0.1) is 0 Å². The molecule has 0 bridgehead atoms. The smallest absolute Gasteiger partial charge is 0.207 e. The molecule has 1 amide bonds. The van der Waals surface area contributed by atoms with Crippen molar-refractivity contribution >= 4 is 17.3 Å². The van der Waals surface area contributed by atoms with E-state index >= 15 is 0 Å². The number of ether oxygens (including phenoxy) is 2. The quantitative estimate of drug-likeness (QED) is 0.743. The van der Waals surface area contributed by atoms with E-state index in [2.05, 4.69) is 27.9 Å². The Morgan fingerprint density at radius 2 is 2.12 bits per heavy atom. The average Bonchev–Trinajstić information content (AvgIpc) is 3.35. The summed E-state index contributed by atoms with van der Waals surface area (Å²) in [7, 11) is 1.68. The molecule has 3 heterocycles. The van der Waals surface area contributed by atoms with Crippen molar-refractivity contribution in [3.63, 3.8) is 0 Å². The van der Waals surface area contributed by atoms with Crippen molar-refractivity contribution < 1.29 is 14.3 Å². The molecule has 2 aliphatic heterocycles. The van der Waals surface area contributed by atoms with Crippen molar-refractivity contribution in [1.29, 1.82) is 0 Å². The first-order valence-electron chi connectivity index (χ1n) is 8.95. The number of amides is 1. The van der Waals surface area contributed by atoms with Crippen LogP contribution in [0.2, 0.25) is 0 Å². The summed E-state index contributed by atoms with van der Waals surface area (Å²) in [6.07, 6.45) is 6.36. The van der Waals surface area contributed by atoms with Gasteiger partial charge in [0.1, 0.15) is 5.75 Å². The van der Waals surface area contributed by atoms with E-state index in [4.69, 9.17) is 9.47 Å². The predicted molar refractivity (Wildman–Crippen MR) is 98.1 cm³/mol. The van der Waals surface area contributed by atoms with E-state index in [0.29, 0.717) is 5.92 Å². The third kappa shape index (κ3) is 4.52. The average molecular weight is 345 g/mol. The third-order valence-electron chi connectivity index (χ3n) is 4.84. The predicted octanol–water partition coefficient (Wildman–Crippen LogP) is 2.16. The first-order valence-corrected chi connectivity index (χ1v) is 8.95. The Morgan fingerprint density at radius 1 is 1.28 bits per heavy atom. The number of nitrogens with one attached hydrogen (secondary N) is 3. The van der Waals surface area contributed by atoms with Crippen LogP contribution in [0.1, 0.15) is 30.7 Å². The van der Waals surface area contributed by atoms with E-state index in [1.54, 1.807) is 7.11 Å². The minimum absolute atomic E-state index is 0.196. The molecule has 2 saturated heterocycles. The fraction of sp³-hybridized carbons (Fsp3) is 0.526. The minimum atomic E-state index is 0.196. The van der Waals surface area contributed by atoms with E-state index in [0.717, 1.165) is 50.4 Å². The molecule has 136 valence electrons. The number of carbonyl (C=O) groups excluding carboxylic acids is 1. The Kier molecular flexibility index (Phi) is 6.30. The van der Waals surface area contributed by atoms with E-state index in [-0.39, 0.29) is 6.04 Å². The van der Waals surface area contributed by atoms with Gasteiger partial charge in [-0.05, 0) is 43.0 Å². The Bertz CT molecular complexity index is 674. The zero-order chi connectivity index (χ0) is 17.5. The molecule has 0 spiro atoms. The van der Waals surface area contributed by atoms with Crippen LogP contribution < -0.4 is 15.4 Å². The number of aromatic amines is 1. The van der Waals surface area contributed by atoms with E-state index in [1.165, 1.54) is 23.8 Å². The van der Waals surface area contributed by atoms with Gasteiger partial charge in [-0.3, -0.25) is 4.79 Å². The van der Waals surface area contributed by atoms with Gasteiger partial charge in [0.05, 0.1) is 7.11 Å². The van der Waals surface area contributed by atoms with Crippen molar-refractivity contribution in [3.8, 4) is 5.75 Å². The SMILES string of the molecule is C1CCOC1.COc1ccc2[nH]cc([C@H]3CNCC(NC=O)C3)c2c1. The van der Waals surface area contributed by atoms with Crippen LogP contribution in [0.25, 0.3) is 10.9 Å². The lowest BCUT2D eigenvalue weighted by molar-refractivity contribution is -0.110. The molecule has 6 heteroatoms. The molecule has 25 heavy (non-hydrogen) atoms. The summed E-state index contributed by atoms with van der Waals surface area (Å²) >= 11 is 0. The molecule has 4 rings (SSSR count). The Hall–Kier alpha value is -2.05. The lowest BCUT2D eigenvalue weighted by atomic mass is 9.89. The van der Waals surface area contributed by atoms with Gasteiger partial charge in [0.2, 0.25) is 6.41 Å². The molecule has 0 aliphatic carbocycles. The lowest BCUT2D eigenvalue weighted by Gasteiger charge is -2.29. The summed E-state index contributed by atoms with van der Waals surface area (Å²) in [5, 5.41) is 7.45. The zero-order valence-electron chi connectivity index (χ0n) is 14.7. The molecule has 1 aromatic carbocycles. The molecule has 0 radical (unpaired) electrons. The van der Waals surface area contributed by atoms with Gasteiger partial charge in [0.25, 0.3) is 0 Å².